The van der Waals surface area contributed by atoms with Crippen molar-refractivity contribution in [3.63, 3.8) is 0 Å². The number of benzene rings is 6. The molecule has 4 nitrogen and oxygen atoms in total. The minimum Gasteiger partial charge on any atom is -0.311 e. The van der Waals surface area contributed by atoms with Gasteiger partial charge in [0.1, 0.15) is 8.07 Å². The number of rotatable bonds is 5. The quantitative estimate of drug-likeness (QED) is 0.163. The molecule has 0 aliphatic carbocycles. The van der Waals surface area contributed by atoms with Crippen molar-refractivity contribution in [2.75, 3.05) is 9.80 Å². The van der Waals surface area contributed by atoms with E-state index >= 15 is 0 Å². The summed E-state index contributed by atoms with van der Waals surface area (Å²) in [6, 6.07) is 52.3. The number of aryl methyl sites for hydroxylation is 2. The third kappa shape index (κ3) is 5.22. The maximum atomic E-state index is 8.29. The van der Waals surface area contributed by atoms with E-state index in [2.05, 4.69) is 128 Å². The Bertz CT molecular complexity index is 3050. The number of para-hydroxylation sites is 2. The van der Waals surface area contributed by atoms with Crippen LogP contribution >= 0.6 is 0 Å². The van der Waals surface area contributed by atoms with Crippen molar-refractivity contribution in [1.29, 1.82) is 0 Å². The van der Waals surface area contributed by atoms with Crippen LogP contribution in [0.25, 0.3) is 22.5 Å². The average Bonchev–Trinajstić information content (AvgIpc) is 3.30. The van der Waals surface area contributed by atoms with Gasteiger partial charge >= 0.3 is 0 Å². The highest BCUT2D eigenvalue weighted by Gasteiger charge is 2.54. The summed E-state index contributed by atoms with van der Waals surface area (Å²) in [7, 11) is -2.75. The Kier molecular flexibility index (Phi) is 6.54. The summed E-state index contributed by atoms with van der Waals surface area (Å²) >= 11 is 0. The first-order valence-electron chi connectivity index (χ1n) is 23.3. The number of hydrogen-bond acceptors (Lipinski definition) is 4. The second kappa shape index (κ2) is 13.0. The zero-order valence-electron chi connectivity index (χ0n) is 39.5. The Morgan fingerprint density at radius 1 is 0.508 bits per heavy atom. The molecular formula is C53H45BN4Si. The van der Waals surface area contributed by atoms with Crippen molar-refractivity contribution in [2.24, 2.45) is 0 Å². The van der Waals surface area contributed by atoms with Gasteiger partial charge in [-0.2, -0.15) is 0 Å². The van der Waals surface area contributed by atoms with Crippen molar-refractivity contribution in [3.8, 4) is 22.5 Å². The fraction of sp³-hybridized carbons (Fsp3) is 0.132. The van der Waals surface area contributed by atoms with Crippen LogP contribution in [0.15, 0.2) is 164 Å². The van der Waals surface area contributed by atoms with Gasteiger partial charge in [0.25, 0.3) is 6.71 Å². The van der Waals surface area contributed by atoms with Gasteiger partial charge in [0.2, 0.25) is 0 Å². The molecule has 0 radical (unpaired) electrons. The van der Waals surface area contributed by atoms with Crippen LogP contribution in [-0.4, -0.2) is 24.8 Å². The van der Waals surface area contributed by atoms with Gasteiger partial charge in [0.15, 0.2) is 0 Å². The molecule has 284 valence electrons. The lowest BCUT2D eigenvalue weighted by molar-refractivity contribution is 0.590. The monoisotopic (exact) mass is 782 g/mol. The predicted octanol–water partition coefficient (Wildman–Crippen LogP) is 9.22. The summed E-state index contributed by atoms with van der Waals surface area (Å²) in [6.45, 7) is 4.50. The van der Waals surface area contributed by atoms with Crippen LogP contribution in [0.5, 0.6) is 0 Å². The molecule has 0 saturated heterocycles. The molecule has 2 aromatic heterocycles. The maximum absolute atomic E-state index is 8.29. The van der Waals surface area contributed by atoms with Crippen LogP contribution in [0.4, 0.5) is 34.1 Å². The minimum atomic E-state index is -2.75. The highest BCUT2D eigenvalue weighted by molar-refractivity contribution is 7.21. The Hall–Kier alpha value is -6.50. The van der Waals surface area contributed by atoms with Gasteiger partial charge in [0.05, 0.1) is 22.8 Å². The summed E-state index contributed by atoms with van der Waals surface area (Å²) in [5.41, 5.74) is 13.9. The standard InChI is InChI=1S/C53H45BN4Si/c1-34-26-28-55-40(30-34)38-18-10-12-20-42(38)57-44-22-14-24-48-51(44)54-50-46(57)32-36(53(3,4)5)33-47(50)58(43-21-13-11-19-39(43)41-31-35(2)27-29-56-41)45-23-15-25-49(52(45)54)59(48,6)37-16-8-7-9-17-37/h7-33H,1-6H3/i1D3,2D3. The Labute approximate surface area is 357 Å². The topological polar surface area (TPSA) is 32.3 Å². The van der Waals surface area contributed by atoms with E-state index in [9.17, 15) is 0 Å². The molecule has 3 aliphatic heterocycles. The largest absolute Gasteiger partial charge is 0.311 e. The van der Waals surface area contributed by atoms with Crippen molar-refractivity contribution >= 4 is 80.9 Å². The van der Waals surface area contributed by atoms with E-state index in [1.54, 1.807) is 36.7 Å². The van der Waals surface area contributed by atoms with E-state index in [1.807, 2.05) is 36.4 Å². The molecule has 8 aromatic rings. The fourth-order valence-corrected chi connectivity index (χ4v) is 14.3. The van der Waals surface area contributed by atoms with Gasteiger partial charge < -0.3 is 9.80 Å². The van der Waals surface area contributed by atoms with Crippen LogP contribution in [0.3, 0.4) is 0 Å². The SMILES string of the molecule is [2H]C([2H])([2H])c1ccnc(-c2ccccc2N2c3cc(C(C)(C)C)cc4c3B3c5c2cccc5[Si](C)(c2ccccc2)c2cccc(c23)N4c2ccccc2-c2cc(C([2H])([2H])[2H])ccn2)c1. The molecule has 3 aliphatic rings. The molecule has 59 heavy (non-hydrogen) atoms. The van der Waals surface area contributed by atoms with Gasteiger partial charge in [-0.05, 0) is 118 Å². The van der Waals surface area contributed by atoms with E-state index in [4.69, 9.17) is 18.2 Å². The Balaban J connectivity index is 1.28. The van der Waals surface area contributed by atoms with Crippen LogP contribution < -0.4 is 41.7 Å². The zero-order valence-corrected chi connectivity index (χ0v) is 34.5. The molecule has 0 amide bonds. The van der Waals surface area contributed by atoms with Gasteiger partial charge in [-0.3, -0.25) is 9.97 Å². The van der Waals surface area contributed by atoms with E-state index in [1.165, 1.54) is 31.9 Å². The Morgan fingerprint density at radius 3 is 1.47 bits per heavy atom. The summed E-state index contributed by atoms with van der Waals surface area (Å²) in [4.78, 5) is 14.5. The molecule has 5 heterocycles. The third-order valence-electron chi connectivity index (χ3n) is 12.8. The molecule has 0 bridgehead atoms. The lowest BCUT2D eigenvalue weighted by Gasteiger charge is -2.51. The minimum absolute atomic E-state index is 0.114. The van der Waals surface area contributed by atoms with Gasteiger partial charge in [0, 0.05) is 54.5 Å². The molecule has 6 aromatic carbocycles. The first-order valence-corrected chi connectivity index (χ1v) is 22.8. The molecular weight excluding hydrogens is 732 g/mol. The number of nitrogens with zero attached hydrogens (tertiary/aromatic N) is 4. The third-order valence-corrected chi connectivity index (χ3v) is 17.3. The highest BCUT2D eigenvalue weighted by atomic mass is 28.3. The molecule has 0 spiro atoms. The second-order valence-electron chi connectivity index (χ2n) is 17.1. The van der Waals surface area contributed by atoms with Gasteiger partial charge in [-0.15, -0.1) is 0 Å². The summed E-state index contributed by atoms with van der Waals surface area (Å²) < 4.78 is 49.7. The van der Waals surface area contributed by atoms with Crippen molar-refractivity contribution in [2.45, 2.75) is 46.4 Å². The van der Waals surface area contributed by atoms with E-state index in [0.29, 0.717) is 11.4 Å². The molecule has 0 fully saturated rings. The lowest BCUT2D eigenvalue weighted by Crippen LogP contribution is -2.83. The molecule has 0 N–H and O–H groups in total. The average molecular weight is 783 g/mol. The molecule has 6 heteroatoms. The zero-order chi connectivity index (χ0) is 45.2. The van der Waals surface area contributed by atoms with Crippen LogP contribution in [0.1, 0.15) is 45.7 Å². The normalized spacial score (nSPS) is 16.2. The first-order chi connectivity index (χ1) is 31.0. The number of aromatic nitrogens is 2. The maximum Gasteiger partial charge on any atom is 0.251 e. The van der Waals surface area contributed by atoms with E-state index < -0.39 is 21.8 Å². The van der Waals surface area contributed by atoms with Crippen LogP contribution in [0, 0.1) is 13.7 Å². The number of pyridine rings is 2. The van der Waals surface area contributed by atoms with Crippen LogP contribution in [-0.2, 0) is 5.41 Å². The lowest BCUT2D eigenvalue weighted by atomic mass is 9.33. The van der Waals surface area contributed by atoms with Gasteiger partial charge in [-0.25, -0.2) is 0 Å². The summed E-state index contributed by atoms with van der Waals surface area (Å²) in [5.74, 6) is 0. The second-order valence-corrected chi connectivity index (χ2v) is 21.0. The molecule has 0 unspecified atom stereocenters. The van der Waals surface area contributed by atoms with Gasteiger partial charge in [-0.1, -0.05) is 129 Å². The highest BCUT2D eigenvalue weighted by Crippen LogP contribution is 2.49. The smallest absolute Gasteiger partial charge is 0.251 e. The van der Waals surface area contributed by atoms with Crippen molar-refractivity contribution in [1.82, 2.24) is 9.97 Å². The first kappa shape index (κ1) is 29.7. The molecule has 11 rings (SSSR count). The summed E-state index contributed by atoms with van der Waals surface area (Å²) in [5, 5.41) is 4.03. The number of anilines is 6. The predicted molar refractivity (Wildman–Crippen MR) is 252 cm³/mol. The summed E-state index contributed by atoms with van der Waals surface area (Å²) in [6.07, 6.45) is 3.19. The molecule has 0 saturated carbocycles. The van der Waals surface area contributed by atoms with E-state index in [0.717, 1.165) is 50.8 Å². The van der Waals surface area contributed by atoms with Crippen molar-refractivity contribution in [3.05, 3.63) is 181 Å². The Morgan fingerprint density at radius 2 is 0.983 bits per heavy atom. The van der Waals surface area contributed by atoms with Crippen molar-refractivity contribution < 1.29 is 8.22 Å². The fourth-order valence-electron chi connectivity index (χ4n) is 10.1. The van der Waals surface area contributed by atoms with Crippen LogP contribution in [0.2, 0.25) is 6.55 Å². The number of hydrogen-bond donors (Lipinski definition) is 0. The molecule has 0 atom stereocenters. The van der Waals surface area contributed by atoms with E-state index in [-0.39, 0.29) is 23.3 Å².